The summed E-state index contributed by atoms with van der Waals surface area (Å²) in [6.07, 6.45) is 1.32. The number of aromatic carboxylic acids is 1. The Morgan fingerprint density at radius 1 is 1.22 bits per heavy atom. The number of benzene rings is 1. The zero-order valence-corrected chi connectivity index (χ0v) is 13.3. The SMILES string of the molecule is Cc1noc(C)c1CCNC(=O)CCc1ccccc1C(=O)O. The number of carboxylic acids is 1. The molecule has 1 aromatic carbocycles. The zero-order chi connectivity index (χ0) is 16.8. The Bertz CT molecular complexity index is 687. The van der Waals surface area contributed by atoms with Gasteiger partial charge < -0.3 is 14.9 Å². The monoisotopic (exact) mass is 316 g/mol. The summed E-state index contributed by atoms with van der Waals surface area (Å²) in [5.74, 6) is -0.302. The van der Waals surface area contributed by atoms with Gasteiger partial charge in [0.2, 0.25) is 5.91 Å². The van der Waals surface area contributed by atoms with E-state index in [0.717, 1.165) is 17.0 Å². The van der Waals surface area contributed by atoms with Crippen LogP contribution in [0.3, 0.4) is 0 Å². The molecule has 2 rings (SSSR count). The van der Waals surface area contributed by atoms with E-state index < -0.39 is 5.97 Å². The van der Waals surface area contributed by atoms with Crippen LogP contribution in [0.2, 0.25) is 0 Å². The molecule has 0 aliphatic rings. The van der Waals surface area contributed by atoms with Crippen LogP contribution in [-0.2, 0) is 17.6 Å². The van der Waals surface area contributed by atoms with E-state index in [0.29, 0.717) is 24.9 Å². The number of carbonyl (C=O) groups is 2. The van der Waals surface area contributed by atoms with Gasteiger partial charge in [0.1, 0.15) is 5.76 Å². The first kappa shape index (κ1) is 16.7. The molecule has 1 aromatic heterocycles. The zero-order valence-electron chi connectivity index (χ0n) is 13.3. The highest BCUT2D eigenvalue weighted by Crippen LogP contribution is 2.13. The average Bonchev–Trinajstić information content (AvgIpc) is 2.85. The molecule has 2 aromatic rings. The second-order valence-electron chi connectivity index (χ2n) is 5.36. The minimum Gasteiger partial charge on any atom is -0.478 e. The summed E-state index contributed by atoms with van der Waals surface area (Å²) in [5.41, 5.74) is 2.77. The molecular formula is C17H20N2O4. The first-order chi connectivity index (χ1) is 11.0. The summed E-state index contributed by atoms with van der Waals surface area (Å²) in [7, 11) is 0. The van der Waals surface area contributed by atoms with Crippen molar-refractivity contribution in [2.75, 3.05) is 6.54 Å². The number of aromatic nitrogens is 1. The molecule has 1 heterocycles. The minimum absolute atomic E-state index is 0.100. The van der Waals surface area contributed by atoms with Crippen LogP contribution in [0.4, 0.5) is 0 Å². The van der Waals surface area contributed by atoms with Crippen molar-refractivity contribution in [3.8, 4) is 0 Å². The molecule has 122 valence electrons. The number of carboxylic acid groups (broad SMARTS) is 1. The van der Waals surface area contributed by atoms with Crippen molar-refractivity contribution in [2.24, 2.45) is 0 Å². The highest BCUT2D eigenvalue weighted by molar-refractivity contribution is 5.89. The number of hydrogen-bond acceptors (Lipinski definition) is 4. The summed E-state index contributed by atoms with van der Waals surface area (Å²) >= 11 is 0. The van der Waals surface area contributed by atoms with E-state index in [1.165, 1.54) is 0 Å². The predicted molar refractivity (Wildman–Crippen MR) is 84.4 cm³/mol. The normalized spacial score (nSPS) is 10.5. The Kier molecular flexibility index (Phi) is 5.51. The van der Waals surface area contributed by atoms with E-state index in [9.17, 15) is 9.59 Å². The number of rotatable bonds is 7. The fraction of sp³-hybridized carbons (Fsp3) is 0.353. The standard InChI is InChI=1S/C17H20N2O4/c1-11-14(12(2)23-19-11)9-10-18-16(20)8-7-13-5-3-4-6-15(13)17(21)22/h3-6H,7-10H2,1-2H3,(H,18,20)(H,21,22). The number of hydrogen-bond donors (Lipinski definition) is 2. The topological polar surface area (TPSA) is 92.4 Å². The molecule has 0 saturated carbocycles. The summed E-state index contributed by atoms with van der Waals surface area (Å²) in [4.78, 5) is 23.0. The third-order valence-corrected chi connectivity index (χ3v) is 3.75. The second-order valence-corrected chi connectivity index (χ2v) is 5.36. The molecule has 0 saturated heterocycles. The van der Waals surface area contributed by atoms with Crippen molar-refractivity contribution in [2.45, 2.75) is 33.1 Å². The fourth-order valence-electron chi connectivity index (χ4n) is 2.47. The molecule has 0 aliphatic heterocycles. The molecule has 0 bridgehead atoms. The number of amides is 1. The molecule has 0 fully saturated rings. The first-order valence-electron chi connectivity index (χ1n) is 7.48. The third kappa shape index (κ3) is 4.42. The van der Waals surface area contributed by atoms with Crippen molar-refractivity contribution >= 4 is 11.9 Å². The Labute approximate surface area is 134 Å². The van der Waals surface area contributed by atoms with Crippen LogP contribution in [0.15, 0.2) is 28.8 Å². The lowest BCUT2D eigenvalue weighted by Crippen LogP contribution is -2.26. The predicted octanol–water partition coefficient (Wildman–Crippen LogP) is 2.28. The fourth-order valence-corrected chi connectivity index (χ4v) is 2.47. The highest BCUT2D eigenvalue weighted by atomic mass is 16.5. The maximum atomic E-state index is 11.9. The van der Waals surface area contributed by atoms with Gasteiger partial charge in [-0.25, -0.2) is 4.79 Å². The van der Waals surface area contributed by atoms with Crippen molar-refractivity contribution in [1.29, 1.82) is 0 Å². The minimum atomic E-state index is -0.973. The molecule has 0 unspecified atom stereocenters. The van der Waals surface area contributed by atoms with E-state index in [1.54, 1.807) is 24.3 Å². The first-order valence-corrected chi connectivity index (χ1v) is 7.48. The lowest BCUT2D eigenvalue weighted by atomic mass is 10.0. The quantitative estimate of drug-likeness (QED) is 0.817. The maximum Gasteiger partial charge on any atom is 0.335 e. The number of aryl methyl sites for hydroxylation is 3. The molecule has 6 heteroatoms. The Morgan fingerprint density at radius 3 is 2.61 bits per heavy atom. The van der Waals surface area contributed by atoms with Gasteiger partial charge in [-0.3, -0.25) is 4.79 Å². The molecule has 1 amide bonds. The maximum absolute atomic E-state index is 11.9. The van der Waals surface area contributed by atoms with Gasteiger partial charge >= 0.3 is 5.97 Å². The van der Waals surface area contributed by atoms with E-state index in [4.69, 9.17) is 9.63 Å². The molecule has 0 spiro atoms. The van der Waals surface area contributed by atoms with E-state index in [-0.39, 0.29) is 17.9 Å². The molecule has 23 heavy (non-hydrogen) atoms. The van der Waals surface area contributed by atoms with Crippen molar-refractivity contribution in [3.05, 3.63) is 52.4 Å². The smallest absolute Gasteiger partial charge is 0.335 e. The highest BCUT2D eigenvalue weighted by Gasteiger charge is 2.12. The number of nitrogens with one attached hydrogen (secondary N) is 1. The van der Waals surface area contributed by atoms with Gasteiger partial charge in [-0.2, -0.15) is 0 Å². The van der Waals surface area contributed by atoms with Gasteiger partial charge in [-0.05, 0) is 38.3 Å². The van der Waals surface area contributed by atoms with Crippen LogP contribution < -0.4 is 5.32 Å². The third-order valence-electron chi connectivity index (χ3n) is 3.75. The summed E-state index contributed by atoms with van der Waals surface area (Å²) in [6.45, 7) is 4.22. The molecule has 2 N–H and O–H groups in total. The van der Waals surface area contributed by atoms with Crippen molar-refractivity contribution in [1.82, 2.24) is 10.5 Å². The van der Waals surface area contributed by atoms with Crippen LogP contribution in [0.1, 0.15) is 39.4 Å². The van der Waals surface area contributed by atoms with Crippen LogP contribution in [-0.4, -0.2) is 28.7 Å². The van der Waals surface area contributed by atoms with Crippen LogP contribution in [0, 0.1) is 13.8 Å². The van der Waals surface area contributed by atoms with Gasteiger partial charge in [0.15, 0.2) is 0 Å². The van der Waals surface area contributed by atoms with Gasteiger partial charge in [0, 0.05) is 18.5 Å². The Hall–Kier alpha value is -2.63. The largest absolute Gasteiger partial charge is 0.478 e. The van der Waals surface area contributed by atoms with Crippen molar-refractivity contribution < 1.29 is 19.2 Å². The van der Waals surface area contributed by atoms with Crippen molar-refractivity contribution in [3.63, 3.8) is 0 Å². The van der Waals surface area contributed by atoms with Crippen LogP contribution in [0.25, 0.3) is 0 Å². The van der Waals surface area contributed by atoms with E-state index >= 15 is 0 Å². The van der Waals surface area contributed by atoms with E-state index in [2.05, 4.69) is 10.5 Å². The van der Waals surface area contributed by atoms with E-state index in [1.807, 2.05) is 13.8 Å². The number of nitrogens with zero attached hydrogens (tertiary/aromatic N) is 1. The second kappa shape index (κ2) is 7.58. The summed E-state index contributed by atoms with van der Waals surface area (Å²) < 4.78 is 5.08. The Balaban J connectivity index is 1.81. The molecule has 6 nitrogen and oxygen atoms in total. The summed E-state index contributed by atoms with van der Waals surface area (Å²) in [5, 5.41) is 15.8. The van der Waals surface area contributed by atoms with Gasteiger partial charge in [0.05, 0.1) is 11.3 Å². The van der Waals surface area contributed by atoms with Crippen LogP contribution in [0.5, 0.6) is 0 Å². The molecule has 0 radical (unpaired) electrons. The van der Waals surface area contributed by atoms with Crippen LogP contribution >= 0.6 is 0 Å². The lowest BCUT2D eigenvalue weighted by molar-refractivity contribution is -0.121. The average molecular weight is 316 g/mol. The molecule has 0 atom stereocenters. The van der Waals surface area contributed by atoms with Gasteiger partial charge in [-0.15, -0.1) is 0 Å². The summed E-state index contributed by atoms with van der Waals surface area (Å²) in [6, 6.07) is 6.74. The number of carbonyl (C=O) groups excluding carboxylic acids is 1. The Morgan fingerprint density at radius 2 is 1.96 bits per heavy atom. The molecular weight excluding hydrogens is 296 g/mol. The molecule has 0 aliphatic carbocycles. The van der Waals surface area contributed by atoms with Gasteiger partial charge in [0.25, 0.3) is 0 Å². The van der Waals surface area contributed by atoms with Gasteiger partial charge in [-0.1, -0.05) is 23.4 Å². The lowest BCUT2D eigenvalue weighted by Gasteiger charge is -2.07.